The molecule has 3 fully saturated rings. The van der Waals surface area contributed by atoms with Crippen LogP contribution < -0.4 is 10.2 Å². The van der Waals surface area contributed by atoms with Crippen molar-refractivity contribution >= 4 is 29.4 Å². The lowest BCUT2D eigenvalue weighted by Gasteiger charge is -2.36. The molecule has 0 aromatic carbocycles. The maximum absolute atomic E-state index is 13.1. The summed E-state index contributed by atoms with van der Waals surface area (Å²) < 4.78 is 1.70. The van der Waals surface area contributed by atoms with Gasteiger partial charge in [0, 0.05) is 37.9 Å². The second kappa shape index (κ2) is 8.27. The summed E-state index contributed by atoms with van der Waals surface area (Å²) in [5, 5.41) is 7.17. The van der Waals surface area contributed by atoms with Crippen LogP contribution in [0.4, 0.5) is 10.6 Å². The number of aromatic nitrogens is 4. The predicted octanol–water partition coefficient (Wildman–Crippen LogP) is 0.972. The van der Waals surface area contributed by atoms with Gasteiger partial charge in [-0.2, -0.15) is 14.6 Å². The highest BCUT2D eigenvalue weighted by Gasteiger charge is 2.52. The average Bonchev–Trinajstić information content (AvgIpc) is 3.38. The fourth-order valence-corrected chi connectivity index (χ4v) is 5.29. The van der Waals surface area contributed by atoms with Gasteiger partial charge in [0.05, 0.1) is 0 Å². The highest BCUT2D eigenvalue weighted by Crippen LogP contribution is 2.37. The number of nitrogens with one attached hydrogen (secondary N) is 1. The summed E-state index contributed by atoms with van der Waals surface area (Å²) in [7, 11) is 0. The fourth-order valence-electron chi connectivity index (χ4n) is 5.29. The number of anilines is 1. The van der Waals surface area contributed by atoms with Gasteiger partial charge in [0.15, 0.2) is 0 Å². The van der Waals surface area contributed by atoms with Crippen LogP contribution in [0.3, 0.4) is 0 Å². The average molecular weight is 455 g/mol. The second-order valence-electron chi connectivity index (χ2n) is 9.35. The van der Waals surface area contributed by atoms with Crippen LogP contribution in [0, 0.1) is 12.8 Å². The van der Waals surface area contributed by atoms with Crippen molar-refractivity contribution in [2.24, 2.45) is 5.92 Å². The molecule has 0 radical (unpaired) electrons. The molecule has 2 saturated heterocycles. The van der Waals surface area contributed by atoms with Gasteiger partial charge < -0.3 is 15.1 Å². The van der Waals surface area contributed by atoms with Crippen molar-refractivity contribution < 1.29 is 14.4 Å². The molecule has 1 N–H and O–H groups in total. The van der Waals surface area contributed by atoms with Crippen molar-refractivity contribution in [3.05, 3.63) is 18.1 Å². The van der Waals surface area contributed by atoms with E-state index >= 15 is 0 Å². The Kier molecular flexibility index (Phi) is 5.41. The lowest BCUT2D eigenvalue weighted by molar-refractivity contribution is -0.139. The summed E-state index contributed by atoms with van der Waals surface area (Å²) in [4.78, 5) is 52.2. The molecule has 11 heteroatoms. The number of carbonyl (C=O) groups is 3. The van der Waals surface area contributed by atoms with E-state index in [0.29, 0.717) is 50.7 Å². The molecule has 2 aromatic rings. The highest BCUT2D eigenvalue weighted by atomic mass is 16.2. The summed E-state index contributed by atoms with van der Waals surface area (Å²) in [6.07, 6.45) is 5.74. The lowest BCUT2D eigenvalue weighted by atomic mass is 9.75. The van der Waals surface area contributed by atoms with Crippen LogP contribution in [0.5, 0.6) is 0 Å². The molecule has 5 rings (SSSR count). The van der Waals surface area contributed by atoms with E-state index in [0.717, 1.165) is 35.7 Å². The molecule has 2 aliphatic heterocycles. The van der Waals surface area contributed by atoms with Crippen molar-refractivity contribution in [1.29, 1.82) is 0 Å². The fraction of sp³-hybridized carbons (Fsp3) is 0.636. The zero-order chi connectivity index (χ0) is 23.2. The van der Waals surface area contributed by atoms with E-state index in [9.17, 15) is 14.4 Å². The first-order chi connectivity index (χ1) is 15.9. The molecule has 3 aliphatic rings. The number of aryl methyl sites for hydroxylation is 1. The molecule has 1 saturated carbocycles. The van der Waals surface area contributed by atoms with Crippen molar-refractivity contribution in [3.63, 3.8) is 0 Å². The molecule has 176 valence electrons. The van der Waals surface area contributed by atoms with Crippen LogP contribution in [0.15, 0.2) is 12.4 Å². The summed E-state index contributed by atoms with van der Waals surface area (Å²) in [5.74, 6) is 1.60. The van der Waals surface area contributed by atoms with Crippen LogP contribution >= 0.6 is 0 Å². The van der Waals surface area contributed by atoms with E-state index in [1.807, 2.05) is 13.0 Å². The zero-order valence-electron chi connectivity index (χ0n) is 19.2. The van der Waals surface area contributed by atoms with E-state index in [1.54, 1.807) is 9.42 Å². The first-order valence-electron chi connectivity index (χ1n) is 11.7. The standard InChI is InChI=1S/C22H30N8O3/c1-3-16-4-6-22(7-5-16)19(32)29(21(33)26-22)13-18(31)28-10-8-27(9-11-28)17-12-15(2)25-20-23-14-24-30(17)20/h12,14,16H,3-11,13H2,1-2H3,(H,26,33). The topological polar surface area (TPSA) is 116 Å². The number of urea groups is 1. The summed E-state index contributed by atoms with van der Waals surface area (Å²) in [5.41, 5.74) is 0.0360. The van der Waals surface area contributed by atoms with E-state index < -0.39 is 11.6 Å². The molecule has 0 bridgehead atoms. The van der Waals surface area contributed by atoms with Crippen LogP contribution in [0.2, 0.25) is 0 Å². The molecule has 2 aromatic heterocycles. The Labute approximate surface area is 192 Å². The molecular formula is C22H30N8O3. The zero-order valence-corrected chi connectivity index (χ0v) is 19.2. The number of nitrogens with zero attached hydrogens (tertiary/aromatic N) is 7. The van der Waals surface area contributed by atoms with E-state index in [1.165, 1.54) is 6.33 Å². The predicted molar refractivity (Wildman–Crippen MR) is 120 cm³/mol. The minimum absolute atomic E-state index is 0.200. The monoisotopic (exact) mass is 454 g/mol. The van der Waals surface area contributed by atoms with Gasteiger partial charge in [-0.15, -0.1) is 0 Å². The Bertz CT molecular complexity index is 1080. The summed E-state index contributed by atoms with van der Waals surface area (Å²) >= 11 is 0. The Morgan fingerprint density at radius 2 is 1.91 bits per heavy atom. The Hall–Kier alpha value is -3.24. The van der Waals surface area contributed by atoms with Gasteiger partial charge in [0.1, 0.15) is 24.2 Å². The number of imide groups is 1. The minimum atomic E-state index is -0.815. The van der Waals surface area contributed by atoms with Crippen LogP contribution in [-0.2, 0) is 9.59 Å². The number of amides is 4. The lowest BCUT2D eigenvalue weighted by Crippen LogP contribution is -2.53. The molecule has 0 unspecified atom stereocenters. The SMILES string of the molecule is CCC1CCC2(CC1)NC(=O)N(CC(=O)N1CCN(c3cc(C)nc4ncnn34)CC1)C2=O. The van der Waals surface area contributed by atoms with Crippen molar-refractivity contribution in [1.82, 2.24) is 34.7 Å². The summed E-state index contributed by atoms with van der Waals surface area (Å²) in [6.45, 7) is 6.11. The molecule has 1 aliphatic carbocycles. The van der Waals surface area contributed by atoms with Crippen molar-refractivity contribution in [2.75, 3.05) is 37.6 Å². The third-order valence-corrected chi connectivity index (χ3v) is 7.39. The van der Waals surface area contributed by atoms with Crippen LogP contribution in [0.1, 0.15) is 44.7 Å². The maximum atomic E-state index is 13.1. The molecule has 1 spiro atoms. The largest absolute Gasteiger partial charge is 0.353 e. The van der Waals surface area contributed by atoms with Gasteiger partial charge >= 0.3 is 6.03 Å². The third kappa shape index (κ3) is 3.79. The number of rotatable bonds is 4. The number of carbonyl (C=O) groups excluding carboxylic acids is 3. The van der Waals surface area contributed by atoms with E-state index in [-0.39, 0.29) is 18.4 Å². The Morgan fingerprint density at radius 1 is 1.18 bits per heavy atom. The van der Waals surface area contributed by atoms with Gasteiger partial charge in [-0.1, -0.05) is 13.3 Å². The van der Waals surface area contributed by atoms with Gasteiger partial charge in [0.25, 0.3) is 11.7 Å². The smallest absolute Gasteiger partial charge is 0.325 e. The summed E-state index contributed by atoms with van der Waals surface area (Å²) in [6, 6.07) is 1.52. The van der Waals surface area contributed by atoms with Gasteiger partial charge in [-0.05, 0) is 38.5 Å². The first kappa shape index (κ1) is 21.6. The Balaban J connectivity index is 1.21. The van der Waals surface area contributed by atoms with Crippen molar-refractivity contribution in [2.45, 2.75) is 51.5 Å². The minimum Gasteiger partial charge on any atom is -0.353 e. The number of fused-ring (bicyclic) bond motifs is 1. The molecule has 11 nitrogen and oxygen atoms in total. The Morgan fingerprint density at radius 3 is 2.61 bits per heavy atom. The molecule has 4 heterocycles. The van der Waals surface area contributed by atoms with Crippen LogP contribution in [0.25, 0.3) is 5.78 Å². The van der Waals surface area contributed by atoms with Gasteiger partial charge in [-0.25, -0.2) is 9.78 Å². The van der Waals surface area contributed by atoms with Gasteiger partial charge in [0.2, 0.25) is 5.91 Å². The normalized spacial score (nSPS) is 25.9. The van der Waals surface area contributed by atoms with Gasteiger partial charge in [-0.3, -0.25) is 14.5 Å². The maximum Gasteiger partial charge on any atom is 0.325 e. The van der Waals surface area contributed by atoms with E-state index in [2.05, 4.69) is 32.2 Å². The second-order valence-corrected chi connectivity index (χ2v) is 9.35. The van der Waals surface area contributed by atoms with Crippen molar-refractivity contribution in [3.8, 4) is 0 Å². The molecule has 33 heavy (non-hydrogen) atoms. The van der Waals surface area contributed by atoms with E-state index in [4.69, 9.17) is 0 Å². The highest BCUT2D eigenvalue weighted by molar-refractivity contribution is 6.09. The number of hydrogen-bond donors (Lipinski definition) is 1. The first-order valence-corrected chi connectivity index (χ1v) is 11.7. The third-order valence-electron chi connectivity index (χ3n) is 7.39. The van der Waals surface area contributed by atoms with Crippen LogP contribution in [-0.4, -0.2) is 85.5 Å². The number of hydrogen-bond acceptors (Lipinski definition) is 7. The molecule has 0 atom stereocenters. The molecular weight excluding hydrogens is 424 g/mol. The molecule has 4 amide bonds. The number of piperazine rings is 1. The quantitative estimate of drug-likeness (QED) is 0.685.